The Morgan fingerprint density at radius 3 is 1.26 bits per heavy atom. The zero-order valence-electron chi connectivity index (χ0n) is 15.3. The molecule has 0 unspecified atom stereocenters. The minimum absolute atomic E-state index is 0.364. The largest absolute Gasteiger partial charge is 0.500 e. The molecule has 34 heavy (non-hydrogen) atoms. The number of halogens is 17. The van der Waals surface area contributed by atoms with Crippen molar-refractivity contribution in [2.45, 2.75) is 47.0 Å². The highest BCUT2D eigenvalue weighted by Gasteiger charge is 2.96. The molecule has 0 aromatic carbocycles. The summed E-state index contributed by atoms with van der Waals surface area (Å²) >= 11 is 0. The highest BCUT2D eigenvalue weighted by molar-refractivity contribution is 7.90. The van der Waals surface area contributed by atoms with Crippen molar-refractivity contribution in [3.8, 4) is 0 Å². The summed E-state index contributed by atoms with van der Waals surface area (Å²) in [5.74, 6) is -51.7. The van der Waals surface area contributed by atoms with Gasteiger partial charge in [0.15, 0.2) is 0 Å². The summed E-state index contributed by atoms with van der Waals surface area (Å²) in [5.41, 5.74) is 0. The molecule has 0 radical (unpaired) electrons. The van der Waals surface area contributed by atoms with Crippen molar-refractivity contribution in [2.24, 2.45) is 0 Å². The summed E-state index contributed by atoms with van der Waals surface area (Å²) < 4.78 is 249. The lowest BCUT2D eigenvalue weighted by atomic mass is 9.91. The fraction of sp³-hybridized carbons (Fsp3) is 0.833. The maximum atomic E-state index is 13.6. The first-order valence-corrected chi connectivity index (χ1v) is 8.97. The first-order chi connectivity index (χ1) is 14.6. The molecular formula is C12H8F17NO3S. The molecule has 0 fully saturated rings. The summed E-state index contributed by atoms with van der Waals surface area (Å²) in [4.78, 5) is 0. The monoisotopic (exact) mass is 569 g/mol. The minimum Gasteiger partial charge on any atom is -0.500 e. The molecule has 0 spiro atoms. The number of hydrogen-bond donors (Lipinski definition) is 1. The van der Waals surface area contributed by atoms with E-state index in [2.05, 4.69) is 11.3 Å². The van der Waals surface area contributed by atoms with Gasteiger partial charge in [-0.05, 0) is 0 Å². The Morgan fingerprint density at radius 1 is 0.618 bits per heavy atom. The third-order valence-corrected chi connectivity index (χ3v) is 5.18. The molecule has 22 heteroatoms. The molecule has 0 aliphatic rings. The molecule has 0 aromatic heterocycles. The van der Waals surface area contributed by atoms with E-state index in [1.54, 1.807) is 0 Å². The van der Waals surface area contributed by atoms with Crippen LogP contribution in [0.3, 0.4) is 0 Å². The number of ether oxygens (including phenoxy) is 1. The lowest BCUT2D eigenvalue weighted by Crippen LogP contribution is -2.75. The van der Waals surface area contributed by atoms with Crippen molar-refractivity contribution in [2.75, 3.05) is 13.2 Å². The van der Waals surface area contributed by atoms with Crippen molar-refractivity contribution < 1.29 is 87.8 Å². The highest BCUT2D eigenvalue weighted by atomic mass is 32.2. The van der Waals surface area contributed by atoms with Crippen LogP contribution in [0.2, 0.25) is 0 Å². The number of nitrogens with one attached hydrogen (secondary N) is 1. The minimum atomic E-state index is -8.85. The van der Waals surface area contributed by atoms with Gasteiger partial charge in [0.25, 0.3) is 10.0 Å². The van der Waals surface area contributed by atoms with Crippen molar-refractivity contribution in [1.29, 1.82) is 0 Å². The van der Waals surface area contributed by atoms with Crippen molar-refractivity contribution >= 4 is 10.0 Å². The number of alkyl halides is 17. The van der Waals surface area contributed by atoms with E-state index in [0.717, 1.165) is 0 Å². The summed E-state index contributed by atoms with van der Waals surface area (Å²) in [5, 5.41) is -7.58. The highest BCUT2D eigenvalue weighted by Crippen LogP contribution is 2.64. The standard InChI is InChI=1S/C12H8F17NO3S/c1-2-33-4-3-30-34(31,32)12(28,29)10(23,24)8(19,20)6(15,16)5(13,14)7(17,18)9(21,22)11(25,26)27/h2,30H,1,3-4H2. The molecule has 0 aromatic rings. The Hall–Kier alpha value is -1.74. The van der Waals surface area contributed by atoms with Gasteiger partial charge >= 0.3 is 47.0 Å². The molecule has 4 nitrogen and oxygen atoms in total. The molecule has 0 aliphatic heterocycles. The molecule has 0 heterocycles. The van der Waals surface area contributed by atoms with Crippen LogP contribution >= 0.6 is 0 Å². The second-order valence-electron chi connectivity index (χ2n) is 5.90. The molecule has 0 aliphatic carbocycles. The van der Waals surface area contributed by atoms with E-state index in [1.807, 2.05) is 0 Å². The second kappa shape index (κ2) is 8.73. The van der Waals surface area contributed by atoms with Crippen LogP contribution in [0.25, 0.3) is 0 Å². The maximum absolute atomic E-state index is 13.6. The van der Waals surface area contributed by atoms with Crippen LogP contribution in [-0.4, -0.2) is 68.5 Å². The van der Waals surface area contributed by atoms with Gasteiger partial charge in [-0.25, -0.2) is 13.1 Å². The molecule has 1 N–H and O–H groups in total. The van der Waals surface area contributed by atoms with Crippen LogP contribution in [0.1, 0.15) is 0 Å². The molecule has 0 saturated carbocycles. The van der Waals surface area contributed by atoms with Gasteiger partial charge in [0.2, 0.25) is 0 Å². The van der Waals surface area contributed by atoms with Gasteiger partial charge in [0.05, 0.1) is 6.26 Å². The fourth-order valence-corrected chi connectivity index (χ4v) is 2.73. The first-order valence-electron chi connectivity index (χ1n) is 7.49. The van der Waals surface area contributed by atoms with Gasteiger partial charge in [-0.3, -0.25) is 0 Å². The molecule has 0 saturated heterocycles. The summed E-state index contributed by atoms with van der Waals surface area (Å²) in [6, 6.07) is 0. The Balaban J connectivity index is 6.69. The average Bonchev–Trinajstić information content (AvgIpc) is 2.63. The Kier molecular flexibility index (Phi) is 8.28. The normalized spacial score (nSPS) is 15.9. The van der Waals surface area contributed by atoms with Crippen LogP contribution in [0, 0.1) is 0 Å². The van der Waals surface area contributed by atoms with Gasteiger partial charge in [-0.15, -0.1) is 0 Å². The molecule has 0 amide bonds. The zero-order valence-corrected chi connectivity index (χ0v) is 16.1. The van der Waals surface area contributed by atoms with Gasteiger partial charge in [-0.2, -0.15) is 74.6 Å². The Morgan fingerprint density at radius 2 is 0.941 bits per heavy atom. The average molecular weight is 569 g/mol. The van der Waals surface area contributed by atoms with E-state index >= 15 is 0 Å². The van der Waals surface area contributed by atoms with E-state index < -0.39 is 70.1 Å². The molecule has 204 valence electrons. The topological polar surface area (TPSA) is 55.4 Å². The van der Waals surface area contributed by atoms with Gasteiger partial charge in [0, 0.05) is 6.54 Å². The Labute approximate surface area is 176 Å². The number of sulfonamides is 1. The van der Waals surface area contributed by atoms with E-state index in [1.165, 1.54) is 0 Å². The van der Waals surface area contributed by atoms with E-state index in [-0.39, 0.29) is 0 Å². The summed E-state index contributed by atoms with van der Waals surface area (Å²) in [6.45, 7) is 0.229. The quantitative estimate of drug-likeness (QED) is 0.204. The molecular weight excluding hydrogens is 561 g/mol. The lowest BCUT2D eigenvalue weighted by Gasteiger charge is -2.42. The van der Waals surface area contributed by atoms with Crippen LogP contribution in [0.4, 0.5) is 74.6 Å². The van der Waals surface area contributed by atoms with Crippen molar-refractivity contribution in [3.05, 3.63) is 12.8 Å². The van der Waals surface area contributed by atoms with Crippen LogP contribution < -0.4 is 4.72 Å². The van der Waals surface area contributed by atoms with Gasteiger partial charge in [-0.1, -0.05) is 6.58 Å². The SMILES string of the molecule is C=COCCNS(=O)(=O)C(F)(F)C(F)(F)C(F)(F)C(F)(F)C(F)(F)C(F)(F)C(F)(F)C(F)(F)F. The first kappa shape index (κ1) is 32.3. The van der Waals surface area contributed by atoms with Crippen LogP contribution in [0.15, 0.2) is 12.8 Å². The zero-order chi connectivity index (χ0) is 28.0. The third-order valence-electron chi connectivity index (χ3n) is 3.66. The predicted octanol–water partition coefficient (Wildman–Crippen LogP) is 5.03. The number of hydrogen-bond acceptors (Lipinski definition) is 3. The number of rotatable bonds is 12. The van der Waals surface area contributed by atoms with Crippen LogP contribution in [-0.2, 0) is 14.8 Å². The third kappa shape index (κ3) is 4.34. The van der Waals surface area contributed by atoms with E-state index in [0.29, 0.717) is 11.0 Å². The van der Waals surface area contributed by atoms with Gasteiger partial charge in [0.1, 0.15) is 6.61 Å². The maximum Gasteiger partial charge on any atom is 0.460 e. The van der Waals surface area contributed by atoms with Gasteiger partial charge < -0.3 is 4.74 Å². The second-order valence-corrected chi connectivity index (χ2v) is 7.70. The summed E-state index contributed by atoms with van der Waals surface area (Å²) in [6.07, 6.45) is -7.40. The van der Waals surface area contributed by atoms with Crippen molar-refractivity contribution in [3.63, 3.8) is 0 Å². The fourth-order valence-electron chi connectivity index (χ4n) is 1.73. The molecule has 0 bridgehead atoms. The summed E-state index contributed by atoms with van der Waals surface area (Å²) in [7, 11) is -7.30. The molecule has 0 atom stereocenters. The van der Waals surface area contributed by atoms with Crippen molar-refractivity contribution in [1.82, 2.24) is 4.72 Å². The Bertz CT molecular complexity index is 848. The van der Waals surface area contributed by atoms with E-state index in [9.17, 15) is 83.1 Å². The molecule has 0 rings (SSSR count). The smallest absolute Gasteiger partial charge is 0.460 e. The van der Waals surface area contributed by atoms with Crippen LogP contribution in [0.5, 0.6) is 0 Å². The lowest BCUT2D eigenvalue weighted by molar-refractivity contribution is -0.458. The predicted molar refractivity (Wildman–Crippen MR) is 73.8 cm³/mol. The van der Waals surface area contributed by atoms with E-state index in [4.69, 9.17) is 0 Å².